The summed E-state index contributed by atoms with van der Waals surface area (Å²) in [6, 6.07) is 7.78. The van der Waals surface area contributed by atoms with Crippen molar-refractivity contribution in [2.24, 2.45) is 0 Å². The number of rotatable bonds is 6. The predicted molar refractivity (Wildman–Crippen MR) is 93.0 cm³/mol. The van der Waals surface area contributed by atoms with E-state index in [1.54, 1.807) is 6.92 Å². The van der Waals surface area contributed by atoms with E-state index in [2.05, 4.69) is 20.0 Å². The van der Waals surface area contributed by atoms with E-state index >= 15 is 0 Å². The third-order valence-corrected chi connectivity index (χ3v) is 7.07. The van der Waals surface area contributed by atoms with Gasteiger partial charge in [-0.3, -0.25) is 4.79 Å². The molecular formula is C13H14N4O3S3. The third-order valence-electron chi connectivity index (χ3n) is 3.01. The largest absolute Gasteiger partial charge is 0.360 e. The SMILES string of the molecule is Cc1[nH]c(=O)sc1S(=O)(=O)NCCNc1nc2ccccc2s1. The van der Waals surface area contributed by atoms with Crippen molar-refractivity contribution in [3.8, 4) is 0 Å². The molecule has 0 bridgehead atoms. The number of aryl methyl sites for hydroxylation is 1. The number of anilines is 1. The van der Waals surface area contributed by atoms with Crippen LogP contribution in [0.1, 0.15) is 5.69 Å². The van der Waals surface area contributed by atoms with Crippen molar-refractivity contribution in [1.82, 2.24) is 14.7 Å². The summed E-state index contributed by atoms with van der Waals surface area (Å²) >= 11 is 2.20. The van der Waals surface area contributed by atoms with Crippen LogP contribution in [-0.2, 0) is 10.0 Å². The van der Waals surface area contributed by atoms with Gasteiger partial charge in [0.15, 0.2) is 9.34 Å². The number of aromatic amines is 1. The quantitative estimate of drug-likeness (QED) is 0.574. The van der Waals surface area contributed by atoms with Crippen molar-refractivity contribution in [3.05, 3.63) is 39.6 Å². The number of sulfonamides is 1. The number of aromatic nitrogens is 2. The van der Waals surface area contributed by atoms with Crippen LogP contribution < -0.4 is 14.9 Å². The molecule has 10 heteroatoms. The van der Waals surface area contributed by atoms with Crippen LogP contribution in [0.2, 0.25) is 0 Å². The standard InChI is InChI=1S/C13H14N4O3S3/c1-8-11(22-13(18)16-8)23(19,20)15-7-6-14-12-17-9-4-2-3-5-10(9)21-12/h2-5,15H,6-7H2,1H3,(H,14,17)(H,16,18). The number of thiazole rings is 2. The van der Waals surface area contributed by atoms with Crippen molar-refractivity contribution in [2.45, 2.75) is 11.1 Å². The first kappa shape index (κ1) is 16.1. The molecular weight excluding hydrogens is 356 g/mol. The van der Waals surface area contributed by atoms with Crippen LogP contribution in [0.25, 0.3) is 10.2 Å². The summed E-state index contributed by atoms with van der Waals surface area (Å²) in [7, 11) is -3.67. The monoisotopic (exact) mass is 370 g/mol. The second-order valence-corrected chi connectivity index (χ2v) is 8.71. The fourth-order valence-corrected chi connectivity index (χ4v) is 5.28. The zero-order valence-electron chi connectivity index (χ0n) is 12.1. The fraction of sp³-hybridized carbons (Fsp3) is 0.231. The normalized spacial score (nSPS) is 11.9. The Labute approximate surface area is 140 Å². The van der Waals surface area contributed by atoms with Gasteiger partial charge in [0.25, 0.3) is 10.0 Å². The summed E-state index contributed by atoms with van der Waals surface area (Å²) in [5, 5.41) is 3.84. The fourth-order valence-electron chi connectivity index (χ4n) is 2.01. The van der Waals surface area contributed by atoms with Crippen LogP contribution in [0.15, 0.2) is 33.3 Å². The Balaban J connectivity index is 1.59. The third kappa shape index (κ3) is 3.61. The Morgan fingerprint density at radius 3 is 2.70 bits per heavy atom. The Hall–Kier alpha value is -1.75. The minimum Gasteiger partial charge on any atom is -0.360 e. The van der Waals surface area contributed by atoms with Gasteiger partial charge >= 0.3 is 4.87 Å². The molecule has 2 heterocycles. The molecule has 0 saturated heterocycles. The zero-order chi connectivity index (χ0) is 16.4. The van der Waals surface area contributed by atoms with Crippen molar-refractivity contribution in [2.75, 3.05) is 18.4 Å². The van der Waals surface area contributed by atoms with Crippen molar-refractivity contribution in [1.29, 1.82) is 0 Å². The molecule has 1 aromatic carbocycles. The molecule has 0 amide bonds. The number of hydrogen-bond donors (Lipinski definition) is 3. The van der Waals surface area contributed by atoms with Crippen LogP contribution in [0.5, 0.6) is 0 Å². The molecule has 7 nitrogen and oxygen atoms in total. The Kier molecular flexibility index (Phi) is 4.48. The highest BCUT2D eigenvalue weighted by atomic mass is 32.2. The van der Waals surface area contributed by atoms with Crippen LogP contribution in [0, 0.1) is 6.92 Å². The van der Waals surface area contributed by atoms with Crippen LogP contribution in [0.4, 0.5) is 5.13 Å². The lowest BCUT2D eigenvalue weighted by Crippen LogP contribution is -2.28. The van der Waals surface area contributed by atoms with E-state index in [1.807, 2.05) is 24.3 Å². The molecule has 0 unspecified atom stereocenters. The van der Waals surface area contributed by atoms with Crippen LogP contribution in [-0.4, -0.2) is 31.5 Å². The van der Waals surface area contributed by atoms with Gasteiger partial charge in [0.05, 0.1) is 10.2 Å². The average Bonchev–Trinajstić information content (AvgIpc) is 3.06. The maximum Gasteiger partial charge on any atom is 0.305 e. The number of H-pyrrole nitrogens is 1. The molecule has 3 rings (SSSR count). The molecule has 0 aliphatic carbocycles. The van der Waals surface area contributed by atoms with Crippen LogP contribution >= 0.6 is 22.7 Å². The number of benzene rings is 1. The van der Waals surface area contributed by atoms with Crippen molar-refractivity contribution < 1.29 is 8.42 Å². The predicted octanol–water partition coefficient (Wildman–Crippen LogP) is 1.74. The molecule has 0 atom stereocenters. The summed E-state index contributed by atoms with van der Waals surface area (Å²) in [6.45, 7) is 2.16. The highest BCUT2D eigenvalue weighted by molar-refractivity contribution is 7.91. The number of fused-ring (bicyclic) bond motifs is 1. The van der Waals surface area contributed by atoms with Gasteiger partial charge in [-0.2, -0.15) is 0 Å². The number of nitrogens with one attached hydrogen (secondary N) is 3. The minimum absolute atomic E-state index is 0.0301. The molecule has 2 aromatic heterocycles. The summed E-state index contributed by atoms with van der Waals surface area (Å²) in [5.74, 6) is 0. The summed E-state index contributed by atoms with van der Waals surface area (Å²) in [5.41, 5.74) is 1.26. The lowest BCUT2D eigenvalue weighted by Gasteiger charge is -2.05. The second kappa shape index (κ2) is 6.40. The van der Waals surface area contributed by atoms with Gasteiger partial charge < -0.3 is 10.3 Å². The molecule has 122 valence electrons. The maximum absolute atomic E-state index is 12.1. The summed E-state index contributed by atoms with van der Waals surface area (Å²) < 4.78 is 27.8. The molecule has 23 heavy (non-hydrogen) atoms. The van der Waals surface area contributed by atoms with E-state index in [0.29, 0.717) is 23.6 Å². The molecule has 0 radical (unpaired) electrons. The van der Waals surface area contributed by atoms with Crippen molar-refractivity contribution in [3.63, 3.8) is 0 Å². The first-order valence-corrected chi connectivity index (χ1v) is 9.86. The molecule has 3 aromatic rings. The van der Waals surface area contributed by atoms with Gasteiger partial charge in [-0.1, -0.05) is 34.8 Å². The van der Waals surface area contributed by atoms with E-state index in [-0.39, 0.29) is 15.6 Å². The molecule has 0 spiro atoms. The Morgan fingerprint density at radius 1 is 1.22 bits per heavy atom. The minimum atomic E-state index is -3.67. The van der Waals surface area contributed by atoms with Gasteiger partial charge in [0.2, 0.25) is 0 Å². The van der Waals surface area contributed by atoms with Gasteiger partial charge in [-0.25, -0.2) is 18.1 Å². The molecule has 0 aliphatic heterocycles. The lowest BCUT2D eigenvalue weighted by atomic mass is 10.3. The summed E-state index contributed by atoms with van der Waals surface area (Å²) in [4.78, 5) is 17.7. The average molecular weight is 370 g/mol. The molecule has 0 fully saturated rings. The van der Waals surface area contributed by atoms with E-state index in [4.69, 9.17) is 0 Å². The topological polar surface area (TPSA) is 104 Å². The summed E-state index contributed by atoms with van der Waals surface area (Å²) in [6.07, 6.45) is 0. The highest BCUT2D eigenvalue weighted by Gasteiger charge is 2.19. The zero-order valence-corrected chi connectivity index (χ0v) is 14.6. The van der Waals surface area contributed by atoms with Gasteiger partial charge in [-0.05, 0) is 19.1 Å². The van der Waals surface area contributed by atoms with Gasteiger partial charge in [-0.15, -0.1) is 0 Å². The second-order valence-electron chi connectivity index (χ2n) is 4.74. The lowest BCUT2D eigenvalue weighted by molar-refractivity contribution is 0.584. The first-order valence-electron chi connectivity index (χ1n) is 6.74. The van der Waals surface area contributed by atoms with E-state index in [1.165, 1.54) is 11.3 Å². The molecule has 3 N–H and O–H groups in total. The number of para-hydroxylation sites is 1. The highest BCUT2D eigenvalue weighted by Crippen LogP contribution is 2.25. The Morgan fingerprint density at radius 2 is 2.00 bits per heavy atom. The van der Waals surface area contributed by atoms with Crippen LogP contribution in [0.3, 0.4) is 0 Å². The maximum atomic E-state index is 12.1. The van der Waals surface area contributed by atoms with Gasteiger partial charge in [0, 0.05) is 18.8 Å². The van der Waals surface area contributed by atoms with Crippen molar-refractivity contribution >= 4 is 48.0 Å². The smallest absolute Gasteiger partial charge is 0.305 e. The van der Waals surface area contributed by atoms with Gasteiger partial charge in [0.1, 0.15) is 0 Å². The van der Waals surface area contributed by atoms with E-state index < -0.39 is 10.0 Å². The molecule has 0 saturated carbocycles. The number of nitrogens with zero attached hydrogens (tertiary/aromatic N) is 1. The Bertz CT molecular complexity index is 954. The number of hydrogen-bond acceptors (Lipinski definition) is 7. The van der Waals surface area contributed by atoms with E-state index in [0.717, 1.165) is 15.3 Å². The van der Waals surface area contributed by atoms with E-state index in [9.17, 15) is 13.2 Å². The first-order chi connectivity index (χ1) is 11.0. The molecule has 0 aliphatic rings.